The van der Waals surface area contributed by atoms with Crippen molar-refractivity contribution in [1.29, 1.82) is 0 Å². The Morgan fingerprint density at radius 2 is 2.11 bits per heavy atom. The number of hydrogen-bond donors (Lipinski definition) is 1. The molecule has 0 aliphatic carbocycles. The summed E-state index contributed by atoms with van der Waals surface area (Å²) in [5.41, 5.74) is -0.116. The number of hydrogen-bond acceptors (Lipinski definition) is 4. The van der Waals surface area contributed by atoms with Gasteiger partial charge < -0.3 is 9.84 Å². The average Bonchev–Trinajstić information content (AvgIpc) is 2.85. The van der Waals surface area contributed by atoms with Crippen molar-refractivity contribution >= 4 is 23.1 Å². The van der Waals surface area contributed by atoms with Crippen LogP contribution in [0.15, 0.2) is 22.7 Å². The Kier molecular flexibility index (Phi) is 3.26. The van der Waals surface area contributed by atoms with Crippen molar-refractivity contribution in [2.45, 2.75) is 33.1 Å². The molecule has 96 valence electrons. The fourth-order valence-electron chi connectivity index (χ4n) is 1.42. The molecule has 0 bridgehead atoms. The number of aryl methyl sites for hydroxylation is 1. The molecule has 0 aromatic carbocycles. The number of nitrogens with zero attached hydrogens (tertiary/aromatic N) is 1. The van der Waals surface area contributed by atoms with Crippen LogP contribution in [0.2, 0.25) is 0 Å². The lowest BCUT2D eigenvalue weighted by atomic mass is 9.93. The molecule has 5 heteroatoms. The van der Waals surface area contributed by atoms with Crippen LogP contribution in [-0.4, -0.2) is 11.1 Å². The van der Waals surface area contributed by atoms with E-state index in [0.717, 1.165) is 10.6 Å². The minimum atomic E-state index is -0.151. The van der Waals surface area contributed by atoms with E-state index in [-0.39, 0.29) is 11.3 Å². The molecule has 0 aliphatic rings. The smallest absolute Gasteiger partial charge is 0.266 e. The number of nitrogens with one attached hydrogen (secondary N) is 1. The Bertz CT molecular complexity index is 564. The lowest BCUT2D eigenvalue weighted by Gasteiger charge is -2.11. The number of carbonyl (C=O) groups excluding carboxylic acids is 1. The van der Waals surface area contributed by atoms with Crippen molar-refractivity contribution in [1.82, 2.24) is 5.16 Å². The first-order valence-electron chi connectivity index (χ1n) is 5.71. The fourth-order valence-corrected chi connectivity index (χ4v) is 2.18. The zero-order valence-corrected chi connectivity index (χ0v) is 11.7. The topological polar surface area (TPSA) is 55.1 Å². The highest BCUT2D eigenvalue weighted by atomic mass is 32.1. The summed E-state index contributed by atoms with van der Waals surface area (Å²) in [4.78, 5) is 13.7. The van der Waals surface area contributed by atoms with Gasteiger partial charge in [0.1, 0.15) is 5.76 Å². The van der Waals surface area contributed by atoms with Gasteiger partial charge in [-0.2, -0.15) is 0 Å². The molecule has 0 atom stereocenters. The van der Waals surface area contributed by atoms with Crippen LogP contribution < -0.4 is 5.32 Å². The van der Waals surface area contributed by atoms with Crippen molar-refractivity contribution in [2.24, 2.45) is 0 Å². The van der Waals surface area contributed by atoms with Gasteiger partial charge in [-0.3, -0.25) is 4.79 Å². The van der Waals surface area contributed by atoms with E-state index in [1.165, 1.54) is 11.3 Å². The molecule has 18 heavy (non-hydrogen) atoms. The lowest BCUT2D eigenvalue weighted by molar-refractivity contribution is 0.102. The molecule has 0 saturated carbocycles. The Hall–Kier alpha value is -1.62. The van der Waals surface area contributed by atoms with Crippen molar-refractivity contribution in [3.8, 4) is 0 Å². The molecular formula is C13H16N2O2S. The highest BCUT2D eigenvalue weighted by Gasteiger charge is 2.20. The summed E-state index contributed by atoms with van der Waals surface area (Å²) >= 11 is 1.46. The molecule has 0 radical (unpaired) electrons. The van der Waals surface area contributed by atoms with Crippen molar-refractivity contribution in [3.63, 3.8) is 0 Å². The van der Waals surface area contributed by atoms with Gasteiger partial charge in [0, 0.05) is 16.4 Å². The maximum Gasteiger partial charge on any atom is 0.266 e. The summed E-state index contributed by atoms with van der Waals surface area (Å²) in [7, 11) is 0. The molecule has 1 amide bonds. The zero-order chi connectivity index (χ0) is 13.3. The normalized spacial score (nSPS) is 11.6. The summed E-state index contributed by atoms with van der Waals surface area (Å²) in [5, 5.41) is 6.58. The summed E-state index contributed by atoms with van der Waals surface area (Å²) in [6.07, 6.45) is 0. The summed E-state index contributed by atoms with van der Waals surface area (Å²) in [6.45, 7) is 8.06. The van der Waals surface area contributed by atoms with Crippen LogP contribution in [0.25, 0.3) is 0 Å². The highest BCUT2D eigenvalue weighted by molar-refractivity contribution is 7.14. The Morgan fingerprint density at radius 3 is 2.61 bits per heavy atom. The van der Waals surface area contributed by atoms with E-state index in [1.807, 2.05) is 33.8 Å². The van der Waals surface area contributed by atoms with Crippen LogP contribution in [0.3, 0.4) is 0 Å². The minimum Gasteiger partial charge on any atom is -0.359 e. The van der Waals surface area contributed by atoms with Crippen molar-refractivity contribution in [3.05, 3.63) is 33.7 Å². The average molecular weight is 264 g/mol. The monoisotopic (exact) mass is 264 g/mol. The van der Waals surface area contributed by atoms with Gasteiger partial charge in [0.25, 0.3) is 5.91 Å². The number of anilines is 1. The predicted molar refractivity (Wildman–Crippen MR) is 72.2 cm³/mol. The standard InChI is InChI=1S/C13H16N2O2S/c1-8-5-6-9(18-8)12(16)14-11-7-10(17-15-11)13(2,3)4/h5-7H,1-4H3,(H,14,15,16). The highest BCUT2D eigenvalue weighted by Crippen LogP contribution is 2.25. The molecule has 1 N–H and O–H groups in total. The van der Waals surface area contributed by atoms with Gasteiger partial charge >= 0.3 is 0 Å². The van der Waals surface area contributed by atoms with Crippen LogP contribution in [0, 0.1) is 6.92 Å². The second-order valence-corrected chi connectivity index (χ2v) is 6.48. The SMILES string of the molecule is Cc1ccc(C(=O)Nc2cc(C(C)(C)C)on2)s1. The predicted octanol–water partition coefficient (Wildman–Crippen LogP) is 3.59. The first-order chi connectivity index (χ1) is 8.36. The van der Waals surface area contributed by atoms with Gasteiger partial charge in [-0.05, 0) is 19.1 Å². The van der Waals surface area contributed by atoms with E-state index in [2.05, 4.69) is 10.5 Å². The Labute approximate surface area is 110 Å². The van der Waals surface area contributed by atoms with Gasteiger partial charge in [0.15, 0.2) is 5.82 Å². The van der Waals surface area contributed by atoms with Crippen LogP contribution in [-0.2, 0) is 5.41 Å². The van der Waals surface area contributed by atoms with Crippen LogP contribution in [0.1, 0.15) is 41.1 Å². The van der Waals surface area contributed by atoms with Crippen LogP contribution in [0.4, 0.5) is 5.82 Å². The molecule has 4 nitrogen and oxygen atoms in total. The minimum absolute atomic E-state index is 0.116. The molecule has 2 rings (SSSR count). The Balaban J connectivity index is 2.10. The maximum atomic E-state index is 11.9. The Morgan fingerprint density at radius 1 is 1.39 bits per heavy atom. The second-order valence-electron chi connectivity index (χ2n) is 5.19. The molecule has 0 unspecified atom stereocenters. The van der Waals surface area contributed by atoms with E-state index >= 15 is 0 Å². The van der Waals surface area contributed by atoms with Gasteiger partial charge in [0.05, 0.1) is 4.88 Å². The molecular weight excluding hydrogens is 248 g/mol. The molecule has 2 aromatic heterocycles. The number of amides is 1. The van der Waals surface area contributed by atoms with E-state index in [4.69, 9.17) is 4.52 Å². The van der Waals surface area contributed by atoms with E-state index in [0.29, 0.717) is 10.7 Å². The third kappa shape index (κ3) is 2.79. The second kappa shape index (κ2) is 4.57. The third-order valence-electron chi connectivity index (χ3n) is 2.46. The summed E-state index contributed by atoms with van der Waals surface area (Å²) in [5.74, 6) is 1.05. The molecule has 2 heterocycles. The summed E-state index contributed by atoms with van der Waals surface area (Å²) < 4.78 is 5.21. The molecule has 0 spiro atoms. The summed E-state index contributed by atoms with van der Waals surface area (Å²) in [6, 6.07) is 5.49. The first-order valence-corrected chi connectivity index (χ1v) is 6.53. The van der Waals surface area contributed by atoms with E-state index < -0.39 is 0 Å². The van der Waals surface area contributed by atoms with Crippen LogP contribution in [0.5, 0.6) is 0 Å². The number of carbonyl (C=O) groups is 1. The number of aromatic nitrogens is 1. The molecule has 0 fully saturated rings. The third-order valence-corrected chi connectivity index (χ3v) is 3.45. The number of rotatable bonds is 2. The molecule has 0 aliphatic heterocycles. The fraction of sp³-hybridized carbons (Fsp3) is 0.385. The number of thiophene rings is 1. The van der Waals surface area contributed by atoms with Gasteiger partial charge in [-0.15, -0.1) is 11.3 Å². The lowest BCUT2D eigenvalue weighted by Crippen LogP contribution is -2.11. The molecule has 0 saturated heterocycles. The first kappa shape index (κ1) is 12.8. The molecule has 2 aromatic rings. The van der Waals surface area contributed by atoms with Crippen molar-refractivity contribution < 1.29 is 9.32 Å². The van der Waals surface area contributed by atoms with Crippen molar-refractivity contribution in [2.75, 3.05) is 5.32 Å². The van der Waals surface area contributed by atoms with E-state index in [1.54, 1.807) is 12.1 Å². The van der Waals surface area contributed by atoms with Gasteiger partial charge in [-0.25, -0.2) is 0 Å². The zero-order valence-electron chi connectivity index (χ0n) is 10.9. The van der Waals surface area contributed by atoms with Gasteiger partial charge in [0.2, 0.25) is 0 Å². The largest absolute Gasteiger partial charge is 0.359 e. The maximum absolute atomic E-state index is 11.9. The van der Waals surface area contributed by atoms with Gasteiger partial charge in [-0.1, -0.05) is 25.9 Å². The van der Waals surface area contributed by atoms with Crippen LogP contribution >= 0.6 is 11.3 Å². The quantitative estimate of drug-likeness (QED) is 0.901. The van der Waals surface area contributed by atoms with E-state index in [9.17, 15) is 4.79 Å².